The maximum Gasteiger partial charge on any atom is 0.286 e. The second kappa shape index (κ2) is 7.92. The molecule has 0 aliphatic carbocycles. The molecule has 1 saturated heterocycles. The standard InChI is InChI=1S/C20H27N5O2/c1-12-5-6-17(27-4)9-15(12)10-22-16-7-8-25(11-16)20-13(2)14(3)23-19(24-20)18(21)26/h5-6,9,16,22H,7-8,10-11H2,1-4H3,(H2,21,26)/t16-/m1/s1. The number of carbonyl (C=O) groups is 1. The van der Waals surface area contributed by atoms with Crippen molar-refractivity contribution in [3.05, 3.63) is 46.4 Å². The van der Waals surface area contributed by atoms with Gasteiger partial charge in [-0.3, -0.25) is 4.79 Å². The summed E-state index contributed by atoms with van der Waals surface area (Å²) in [6.45, 7) is 8.47. The van der Waals surface area contributed by atoms with Gasteiger partial charge in [0.2, 0.25) is 5.82 Å². The Labute approximate surface area is 159 Å². The predicted molar refractivity (Wildman–Crippen MR) is 105 cm³/mol. The summed E-state index contributed by atoms with van der Waals surface area (Å²) < 4.78 is 5.32. The fourth-order valence-electron chi connectivity index (χ4n) is 3.37. The van der Waals surface area contributed by atoms with Crippen molar-refractivity contribution in [3.8, 4) is 5.75 Å². The molecule has 0 saturated carbocycles. The van der Waals surface area contributed by atoms with E-state index in [9.17, 15) is 4.79 Å². The van der Waals surface area contributed by atoms with Gasteiger partial charge in [-0.2, -0.15) is 0 Å². The Bertz CT molecular complexity index is 853. The van der Waals surface area contributed by atoms with E-state index < -0.39 is 5.91 Å². The van der Waals surface area contributed by atoms with Crippen molar-refractivity contribution < 1.29 is 9.53 Å². The van der Waals surface area contributed by atoms with E-state index in [1.807, 2.05) is 19.9 Å². The zero-order valence-electron chi connectivity index (χ0n) is 16.4. The third kappa shape index (κ3) is 4.19. The molecule has 1 aromatic carbocycles. The number of nitrogens with two attached hydrogens (primary N) is 1. The lowest BCUT2D eigenvalue weighted by molar-refractivity contribution is 0.0990. The van der Waals surface area contributed by atoms with Crippen molar-refractivity contribution in [2.24, 2.45) is 5.73 Å². The van der Waals surface area contributed by atoms with Gasteiger partial charge in [0.05, 0.1) is 7.11 Å². The number of nitrogens with one attached hydrogen (secondary N) is 1. The van der Waals surface area contributed by atoms with Crippen LogP contribution in [0.4, 0.5) is 5.82 Å². The molecule has 3 N–H and O–H groups in total. The highest BCUT2D eigenvalue weighted by Crippen LogP contribution is 2.24. The molecule has 7 nitrogen and oxygen atoms in total. The van der Waals surface area contributed by atoms with Crippen molar-refractivity contribution in [3.63, 3.8) is 0 Å². The minimum absolute atomic E-state index is 0.0801. The highest BCUT2D eigenvalue weighted by molar-refractivity contribution is 5.89. The van der Waals surface area contributed by atoms with Gasteiger partial charge in [0.1, 0.15) is 11.6 Å². The number of anilines is 1. The van der Waals surface area contributed by atoms with Gasteiger partial charge in [-0.15, -0.1) is 0 Å². The fraction of sp³-hybridized carbons (Fsp3) is 0.450. The van der Waals surface area contributed by atoms with Crippen LogP contribution < -0.4 is 20.7 Å². The van der Waals surface area contributed by atoms with E-state index in [2.05, 4.69) is 39.2 Å². The van der Waals surface area contributed by atoms with Crippen molar-refractivity contribution in [2.75, 3.05) is 25.1 Å². The van der Waals surface area contributed by atoms with E-state index in [1.165, 1.54) is 11.1 Å². The van der Waals surface area contributed by atoms with Crippen LogP contribution >= 0.6 is 0 Å². The molecule has 3 rings (SSSR count). The molecule has 1 aliphatic heterocycles. The quantitative estimate of drug-likeness (QED) is 0.807. The number of nitrogens with zero attached hydrogens (tertiary/aromatic N) is 3. The lowest BCUT2D eigenvalue weighted by atomic mass is 10.1. The summed E-state index contributed by atoms with van der Waals surface area (Å²) in [6.07, 6.45) is 1.01. The molecule has 0 unspecified atom stereocenters. The molecule has 2 aromatic rings. The topological polar surface area (TPSA) is 93.4 Å². The maximum atomic E-state index is 11.5. The van der Waals surface area contributed by atoms with Gasteiger partial charge in [-0.05, 0) is 50.5 Å². The highest BCUT2D eigenvalue weighted by Gasteiger charge is 2.26. The molecule has 1 amide bonds. The molecule has 0 bridgehead atoms. The van der Waals surface area contributed by atoms with Crippen molar-refractivity contribution >= 4 is 11.7 Å². The van der Waals surface area contributed by atoms with E-state index in [1.54, 1.807) is 7.11 Å². The van der Waals surface area contributed by atoms with Crippen molar-refractivity contribution in [1.82, 2.24) is 15.3 Å². The van der Waals surface area contributed by atoms with E-state index >= 15 is 0 Å². The summed E-state index contributed by atoms with van der Waals surface area (Å²) in [5, 5.41) is 3.63. The van der Waals surface area contributed by atoms with E-state index in [-0.39, 0.29) is 5.82 Å². The number of primary amides is 1. The van der Waals surface area contributed by atoms with E-state index in [0.29, 0.717) is 6.04 Å². The SMILES string of the molecule is COc1ccc(C)c(CN[C@@H]2CCN(c3nc(C(N)=O)nc(C)c3C)C2)c1. The van der Waals surface area contributed by atoms with Crippen LogP contribution in [-0.4, -0.2) is 42.1 Å². The number of aryl methyl sites for hydroxylation is 2. The zero-order valence-corrected chi connectivity index (χ0v) is 16.4. The van der Waals surface area contributed by atoms with E-state index in [4.69, 9.17) is 10.5 Å². The van der Waals surface area contributed by atoms with Crippen LogP contribution in [0.5, 0.6) is 5.75 Å². The first-order valence-electron chi connectivity index (χ1n) is 9.16. The monoisotopic (exact) mass is 369 g/mol. The first-order chi connectivity index (χ1) is 12.9. The number of methoxy groups -OCH3 is 1. The fourth-order valence-corrected chi connectivity index (χ4v) is 3.37. The van der Waals surface area contributed by atoms with Crippen molar-refractivity contribution in [1.29, 1.82) is 0 Å². The lowest BCUT2D eigenvalue weighted by Crippen LogP contribution is -2.33. The zero-order chi connectivity index (χ0) is 19.6. The average molecular weight is 369 g/mol. The Kier molecular flexibility index (Phi) is 5.60. The van der Waals surface area contributed by atoms with Gasteiger partial charge in [0, 0.05) is 36.9 Å². The average Bonchev–Trinajstić information content (AvgIpc) is 3.11. The van der Waals surface area contributed by atoms with Gasteiger partial charge in [-0.1, -0.05) is 6.07 Å². The second-order valence-corrected chi connectivity index (χ2v) is 7.05. The third-order valence-electron chi connectivity index (χ3n) is 5.21. The van der Waals surface area contributed by atoms with Crippen molar-refractivity contribution in [2.45, 2.75) is 39.8 Å². The molecule has 1 aromatic heterocycles. The van der Waals surface area contributed by atoms with Gasteiger partial charge >= 0.3 is 0 Å². The number of aromatic nitrogens is 2. The minimum Gasteiger partial charge on any atom is -0.497 e. The molecule has 7 heteroatoms. The van der Waals surface area contributed by atoms with Gasteiger partial charge in [0.15, 0.2) is 0 Å². The third-order valence-corrected chi connectivity index (χ3v) is 5.21. The molecular weight excluding hydrogens is 342 g/mol. The molecule has 1 fully saturated rings. The molecule has 1 atom stereocenters. The molecule has 144 valence electrons. The Morgan fingerprint density at radius 2 is 2.11 bits per heavy atom. The van der Waals surface area contributed by atoms with Gasteiger partial charge in [-0.25, -0.2) is 9.97 Å². The summed E-state index contributed by atoms with van der Waals surface area (Å²) in [5.41, 5.74) is 9.63. The first kappa shape index (κ1) is 19.1. The number of benzene rings is 1. The van der Waals surface area contributed by atoms with Gasteiger partial charge in [0.25, 0.3) is 5.91 Å². The molecular formula is C20H27N5O2. The number of amides is 1. The molecule has 1 aliphatic rings. The minimum atomic E-state index is -0.596. The normalized spacial score (nSPS) is 16.6. The van der Waals surface area contributed by atoms with Crippen LogP contribution in [0.25, 0.3) is 0 Å². The lowest BCUT2D eigenvalue weighted by Gasteiger charge is -2.21. The Morgan fingerprint density at radius 1 is 1.33 bits per heavy atom. The van der Waals surface area contributed by atoms with Crippen LogP contribution in [0.3, 0.4) is 0 Å². The van der Waals surface area contributed by atoms with Crippen LogP contribution in [0.15, 0.2) is 18.2 Å². The molecule has 0 radical (unpaired) electrons. The number of rotatable bonds is 6. The molecule has 2 heterocycles. The summed E-state index contributed by atoms with van der Waals surface area (Å²) in [7, 11) is 1.68. The number of hydrogen-bond acceptors (Lipinski definition) is 6. The first-order valence-corrected chi connectivity index (χ1v) is 9.16. The summed E-state index contributed by atoms with van der Waals surface area (Å²) in [6, 6.07) is 6.48. The summed E-state index contributed by atoms with van der Waals surface area (Å²) in [4.78, 5) is 22.3. The Balaban J connectivity index is 1.68. The predicted octanol–water partition coefficient (Wildman–Crippen LogP) is 1.88. The largest absolute Gasteiger partial charge is 0.497 e. The van der Waals surface area contributed by atoms with Crippen LogP contribution in [0, 0.1) is 20.8 Å². The molecule has 27 heavy (non-hydrogen) atoms. The number of ether oxygens (including phenoxy) is 1. The number of carbonyl (C=O) groups excluding carboxylic acids is 1. The Morgan fingerprint density at radius 3 is 2.81 bits per heavy atom. The summed E-state index contributed by atoms with van der Waals surface area (Å²) >= 11 is 0. The second-order valence-electron chi connectivity index (χ2n) is 7.05. The summed E-state index contributed by atoms with van der Waals surface area (Å²) in [5.74, 6) is 1.16. The van der Waals surface area contributed by atoms with E-state index in [0.717, 1.165) is 48.9 Å². The maximum absolute atomic E-state index is 11.5. The van der Waals surface area contributed by atoms with Crippen LogP contribution in [-0.2, 0) is 6.54 Å². The van der Waals surface area contributed by atoms with Crippen LogP contribution in [0.1, 0.15) is 39.4 Å². The molecule has 0 spiro atoms. The highest BCUT2D eigenvalue weighted by atomic mass is 16.5. The Hall–Kier alpha value is -2.67. The van der Waals surface area contributed by atoms with Gasteiger partial charge < -0.3 is 20.7 Å². The van der Waals surface area contributed by atoms with Crippen LogP contribution in [0.2, 0.25) is 0 Å². The number of hydrogen-bond donors (Lipinski definition) is 2. The smallest absolute Gasteiger partial charge is 0.286 e.